The quantitative estimate of drug-likeness (QED) is 0.599. The largest absolute Gasteiger partial charge is 0.344 e. The highest BCUT2D eigenvalue weighted by Gasteiger charge is 2.52. The van der Waals surface area contributed by atoms with Gasteiger partial charge in [-0.1, -0.05) is 31.0 Å². The van der Waals surface area contributed by atoms with Gasteiger partial charge in [0.05, 0.1) is 5.75 Å². The van der Waals surface area contributed by atoms with Gasteiger partial charge in [-0.2, -0.15) is 5.01 Å². The minimum atomic E-state index is -0.840. The van der Waals surface area contributed by atoms with Gasteiger partial charge in [-0.25, -0.2) is 4.79 Å². The van der Waals surface area contributed by atoms with Crippen molar-refractivity contribution < 1.29 is 14.4 Å². The van der Waals surface area contributed by atoms with E-state index in [1.807, 2.05) is 18.4 Å². The van der Waals surface area contributed by atoms with Crippen LogP contribution in [0.2, 0.25) is 0 Å². The molecular weight excluding hydrogens is 344 g/mol. The Balaban J connectivity index is 1.58. The second-order valence-corrected chi connectivity index (χ2v) is 7.59. The van der Waals surface area contributed by atoms with E-state index in [1.165, 1.54) is 11.8 Å². The third-order valence-electron chi connectivity index (χ3n) is 4.53. The van der Waals surface area contributed by atoms with E-state index in [0.29, 0.717) is 18.0 Å². The van der Waals surface area contributed by atoms with Crippen molar-refractivity contribution >= 4 is 29.6 Å². The summed E-state index contributed by atoms with van der Waals surface area (Å²) >= 11 is 1.21. The van der Waals surface area contributed by atoms with E-state index >= 15 is 0 Å². The van der Waals surface area contributed by atoms with Crippen LogP contribution in [0.5, 0.6) is 0 Å². The summed E-state index contributed by atoms with van der Waals surface area (Å²) in [5.41, 5.74) is 1.58. The summed E-state index contributed by atoms with van der Waals surface area (Å²) in [4.78, 5) is 36.9. The predicted molar refractivity (Wildman–Crippen MR) is 90.5 cm³/mol. The summed E-state index contributed by atoms with van der Waals surface area (Å²) in [6.07, 6.45) is 5.70. The summed E-state index contributed by atoms with van der Waals surface area (Å²) < 4.78 is 1.85. The molecule has 0 atom stereocenters. The highest BCUT2D eigenvalue weighted by molar-refractivity contribution is 7.99. The van der Waals surface area contributed by atoms with E-state index in [4.69, 9.17) is 0 Å². The van der Waals surface area contributed by atoms with Gasteiger partial charge in [-0.3, -0.25) is 15.0 Å². The fourth-order valence-electron chi connectivity index (χ4n) is 3.19. The molecule has 136 valence electrons. The van der Waals surface area contributed by atoms with E-state index < -0.39 is 17.5 Å². The van der Waals surface area contributed by atoms with Crippen LogP contribution in [-0.2, 0) is 9.59 Å². The van der Waals surface area contributed by atoms with Gasteiger partial charge in [-0.15, -0.1) is 10.2 Å². The maximum Gasteiger partial charge on any atom is 0.344 e. The Hall–Kier alpha value is -2.10. The molecule has 1 aromatic heterocycles. The van der Waals surface area contributed by atoms with Crippen molar-refractivity contribution in [3.63, 3.8) is 0 Å². The van der Waals surface area contributed by atoms with Crippen LogP contribution in [0.1, 0.15) is 52.0 Å². The second-order valence-electron chi connectivity index (χ2n) is 6.65. The Bertz CT molecular complexity index is 683. The molecule has 3 rings (SSSR count). The summed E-state index contributed by atoms with van der Waals surface area (Å²) in [6, 6.07) is -0.381. The minimum Gasteiger partial charge on any atom is -0.322 e. The minimum absolute atomic E-state index is 0.0372. The van der Waals surface area contributed by atoms with Gasteiger partial charge in [0, 0.05) is 6.04 Å². The molecule has 0 aromatic carbocycles. The molecule has 2 aliphatic rings. The zero-order chi connectivity index (χ0) is 18.0. The van der Waals surface area contributed by atoms with E-state index in [-0.39, 0.29) is 17.7 Å². The van der Waals surface area contributed by atoms with Gasteiger partial charge >= 0.3 is 6.03 Å². The summed E-state index contributed by atoms with van der Waals surface area (Å²) in [5, 5.41) is 12.0. The number of rotatable bonds is 5. The third-order valence-corrected chi connectivity index (χ3v) is 5.49. The first kappa shape index (κ1) is 17.7. The first-order valence-electron chi connectivity index (χ1n) is 8.41. The molecule has 0 bridgehead atoms. The zero-order valence-electron chi connectivity index (χ0n) is 14.3. The molecule has 1 saturated heterocycles. The lowest BCUT2D eigenvalue weighted by Gasteiger charge is -2.30. The van der Waals surface area contributed by atoms with Crippen molar-refractivity contribution in [2.24, 2.45) is 0 Å². The van der Waals surface area contributed by atoms with Crippen LogP contribution >= 0.6 is 11.8 Å². The normalized spacial score (nSPS) is 19.6. The number of aromatic nitrogens is 3. The highest BCUT2D eigenvalue weighted by atomic mass is 32.2. The fraction of sp³-hybridized carbons (Fsp3) is 0.667. The summed E-state index contributed by atoms with van der Waals surface area (Å²) in [6.45, 7) is 3.98. The van der Waals surface area contributed by atoms with Crippen molar-refractivity contribution in [3.8, 4) is 0 Å². The molecule has 2 heterocycles. The van der Waals surface area contributed by atoms with Gasteiger partial charge in [0.25, 0.3) is 5.91 Å². The van der Waals surface area contributed by atoms with Crippen LogP contribution in [-0.4, -0.2) is 48.9 Å². The van der Waals surface area contributed by atoms with Crippen molar-refractivity contribution in [3.05, 3.63) is 6.33 Å². The van der Waals surface area contributed by atoms with Gasteiger partial charge < -0.3 is 9.88 Å². The molecule has 25 heavy (non-hydrogen) atoms. The average molecular weight is 366 g/mol. The Morgan fingerprint density at radius 1 is 1.36 bits per heavy atom. The maximum atomic E-state index is 12.6. The molecule has 9 nitrogen and oxygen atoms in total. The van der Waals surface area contributed by atoms with E-state index in [1.54, 1.807) is 6.33 Å². The van der Waals surface area contributed by atoms with Crippen LogP contribution in [0.15, 0.2) is 11.5 Å². The third kappa shape index (κ3) is 3.48. The Morgan fingerprint density at radius 2 is 2.08 bits per heavy atom. The predicted octanol–water partition coefficient (Wildman–Crippen LogP) is 1.24. The molecule has 4 amide bonds. The molecule has 10 heteroatoms. The number of imide groups is 1. The SMILES string of the molecule is CC(C)n1cnnc1SCC(=O)NN1C(=O)NC2(CCCCC2)C1=O. The Kier molecular flexibility index (Phi) is 4.98. The number of hydrogen-bond donors (Lipinski definition) is 2. The van der Waals surface area contributed by atoms with Gasteiger partial charge in [0.2, 0.25) is 5.91 Å². The number of urea groups is 1. The molecule has 1 saturated carbocycles. The topological polar surface area (TPSA) is 109 Å². The number of hydrogen-bond acceptors (Lipinski definition) is 6. The number of thioether (sulfide) groups is 1. The number of hydrazine groups is 1. The van der Waals surface area contributed by atoms with Crippen LogP contribution in [0, 0.1) is 0 Å². The van der Waals surface area contributed by atoms with Crippen molar-refractivity contribution in [2.45, 2.75) is 62.7 Å². The van der Waals surface area contributed by atoms with Gasteiger partial charge in [-0.05, 0) is 26.7 Å². The first-order chi connectivity index (χ1) is 11.9. The van der Waals surface area contributed by atoms with E-state index in [9.17, 15) is 14.4 Å². The molecule has 2 fully saturated rings. The Morgan fingerprint density at radius 3 is 2.76 bits per heavy atom. The van der Waals surface area contributed by atoms with Crippen LogP contribution < -0.4 is 10.7 Å². The molecule has 1 aromatic rings. The molecule has 2 N–H and O–H groups in total. The smallest absolute Gasteiger partial charge is 0.322 e. The maximum absolute atomic E-state index is 12.6. The van der Waals surface area contributed by atoms with Crippen molar-refractivity contribution in [1.82, 2.24) is 30.5 Å². The van der Waals surface area contributed by atoms with Crippen molar-refractivity contribution in [2.75, 3.05) is 5.75 Å². The second kappa shape index (κ2) is 7.03. The Labute approximate surface area is 149 Å². The van der Waals surface area contributed by atoms with Crippen LogP contribution in [0.3, 0.4) is 0 Å². The van der Waals surface area contributed by atoms with Gasteiger partial charge in [0.15, 0.2) is 5.16 Å². The number of nitrogens with zero attached hydrogens (tertiary/aromatic N) is 4. The molecule has 1 aliphatic heterocycles. The molecule has 1 aliphatic carbocycles. The van der Waals surface area contributed by atoms with Crippen LogP contribution in [0.25, 0.3) is 0 Å². The lowest BCUT2D eigenvalue weighted by Crippen LogP contribution is -2.51. The number of carbonyl (C=O) groups excluding carboxylic acids is 3. The van der Waals surface area contributed by atoms with E-state index in [2.05, 4.69) is 20.9 Å². The summed E-state index contributed by atoms with van der Waals surface area (Å²) in [5.74, 6) is -0.754. The fourth-order valence-corrected chi connectivity index (χ4v) is 4.03. The van der Waals surface area contributed by atoms with Crippen LogP contribution in [0.4, 0.5) is 4.79 Å². The molecule has 0 unspecified atom stereocenters. The van der Waals surface area contributed by atoms with E-state index in [0.717, 1.165) is 24.3 Å². The molecule has 1 spiro atoms. The monoisotopic (exact) mass is 366 g/mol. The van der Waals surface area contributed by atoms with Gasteiger partial charge in [0.1, 0.15) is 11.9 Å². The first-order valence-corrected chi connectivity index (χ1v) is 9.40. The van der Waals surface area contributed by atoms with Crippen molar-refractivity contribution in [1.29, 1.82) is 0 Å². The number of carbonyl (C=O) groups is 3. The molecule has 0 radical (unpaired) electrons. The molecular formula is C15H22N6O3S. The zero-order valence-corrected chi connectivity index (χ0v) is 15.1. The standard InChI is InChI=1S/C15H22N6O3S/c1-10(2)20-9-16-18-14(20)25-8-11(22)19-21-12(23)15(17-13(21)24)6-4-3-5-7-15/h9-10H,3-8H2,1-2H3,(H,17,24)(H,19,22). The lowest BCUT2D eigenvalue weighted by molar-refractivity contribution is -0.139. The summed E-state index contributed by atoms with van der Waals surface area (Å²) in [7, 11) is 0. The highest BCUT2D eigenvalue weighted by Crippen LogP contribution is 2.33. The number of amides is 4. The lowest BCUT2D eigenvalue weighted by atomic mass is 9.82. The average Bonchev–Trinajstić information content (AvgIpc) is 3.13. The number of nitrogens with one attached hydrogen (secondary N) is 2.